The highest BCUT2D eigenvalue weighted by molar-refractivity contribution is 5.40. The molecule has 102 valence electrons. The second kappa shape index (κ2) is 8.78. The molecule has 0 unspecified atom stereocenters. The van der Waals surface area contributed by atoms with Crippen molar-refractivity contribution in [1.82, 2.24) is 0 Å². The number of rotatable bonds is 9. The smallest absolute Gasteiger partial charge is 0.188 e. The summed E-state index contributed by atoms with van der Waals surface area (Å²) < 4.78 is 20.8. The van der Waals surface area contributed by atoms with Gasteiger partial charge in [0.1, 0.15) is 11.5 Å². The molecule has 0 fully saturated rings. The summed E-state index contributed by atoms with van der Waals surface area (Å²) in [6.45, 7) is 2.65. The lowest BCUT2D eigenvalue weighted by Gasteiger charge is -2.13. The van der Waals surface area contributed by atoms with Gasteiger partial charge < -0.3 is 18.9 Å². The summed E-state index contributed by atoms with van der Waals surface area (Å²) in [5, 5.41) is 0. The first kappa shape index (κ1) is 14.8. The third-order valence-corrected chi connectivity index (χ3v) is 2.51. The van der Waals surface area contributed by atoms with Crippen LogP contribution in [0.25, 0.3) is 0 Å². The molecule has 4 nitrogen and oxygen atoms in total. The van der Waals surface area contributed by atoms with Crippen LogP contribution in [0, 0.1) is 0 Å². The number of benzene rings is 1. The molecule has 1 aromatic rings. The lowest BCUT2D eigenvalue weighted by Crippen LogP contribution is -2.04. The number of aryl methyl sites for hydroxylation is 1. The summed E-state index contributed by atoms with van der Waals surface area (Å²) in [7, 11) is 3.20. The van der Waals surface area contributed by atoms with Gasteiger partial charge in [0.15, 0.2) is 13.6 Å². The van der Waals surface area contributed by atoms with Crippen molar-refractivity contribution in [2.24, 2.45) is 0 Å². The standard InChI is InChI=1S/C14H22O4/c1-4-5-6-12-7-8-13(17-10-15-2)9-14(12)18-11-16-3/h7-9H,4-6,10-11H2,1-3H3. The first-order valence-corrected chi connectivity index (χ1v) is 6.18. The molecule has 0 spiro atoms. The Morgan fingerprint density at radius 1 is 1.00 bits per heavy atom. The highest BCUT2D eigenvalue weighted by Crippen LogP contribution is 2.26. The van der Waals surface area contributed by atoms with Crippen molar-refractivity contribution in [3.63, 3.8) is 0 Å². The van der Waals surface area contributed by atoms with E-state index in [0.29, 0.717) is 0 Å². The van der Waals surface area contributed by atoms with Gasteiger partial charge in [-0.2, -0.15) is 0 Å². The van der Waals surface area contributed by atoms with Crippen molar-refractivity contribution in [3.8, 4) is 11.5 Å². The minimum absolute atomic E-state index is 0.234. The normalized spacial score (nSPS) is 10.4. The molecule has 0 aliphatic rings. The summed E-state index contributed by atoms with van der Waals surface area (Å²) in [6.07, 6.45) is 3.30. The molecule has 0 radical (unpaired) electrons. The average Bonchev–Trinajstić information content (AvgIpc) is 2.41. The topological polar surface area (TPSA) is 36.9 Å². The van der Waals surface area contributed by atoms with Gasteiger partial charge in [-0.1, -0.05) is 19.4 Å². The van der Waals surface area contributed by atoms with Gasteiger partial charge in [-0.25, -0.2) is 0 Å². The highest BCUT2D eigenvalue weighted by Gasteiger charge is 2.06. The lowest BCUT2D eigenvalue weighted by atomic mass is 10.1. The minimum Gasteiger partial charge on any atom is -0.467 e. The van der Waals surface area contributed by atoms with Crippen LogP contribution in [0.2, 0.25) is 0 Å². The summed E-state index contributed by atoms with van der Waals surface area (Å²) in [5.74, 6) is 1.56. The largest absolute Gasteiger partial charge is 0.467 e. The van der Waals surface area contributed by atoms with Crippen molar-refractivity contribution < 1.29 is 18.9 Å². The summed E-state index contributed by atoms with van der Waals surface area (Å²) >= 11 is 0. The van der Waals surface area contributed by atoms with Gasteiger partial charge >= 0.3 is 0 Å². The molecule has 0 N–H and O–H groups in total. The van der Waals surface area contributed by atoms with Crippen molar-refractivity contribution in [2.45, 2.75) is 26.2 Å². The molecule has 18 heavy (non-hydrogen) atoms. The van der Waals surface area contributed by atoms with Crippen LogP contribution in [-0.2, 0) is 15.9 Å². The predicted molar refractivity (Wildman–Crippen MR) is 70.1 cm³/mol. The molecule has 0 atom stereocenters. The van der Waals surface area contributed by atoms with Gasteiger partial charge in [-0.05, 0) is 24.5 Å². The molecular formula is C14H22O4. The van der Waals surface area contributed by atoms with Crippen molar-refractivity contribution in [1.29, 1.82) is 0 Å². The quantitative estimate of drug-likeness (QED) is 0.635. The zero-order chi connectivity index (χ0) is 13.2. The Hall–Kier alpha value is -1.26. The second-order valence-electron chi connectivity index (χ2n) is 3.97. The number of unbranched alkanes of at least 4 members (excludes halogenated alkanes) is 1. The molecule has 0 saturated carbocycles. The number of ether oxygens (including phenoxy) is 4. The molecule has 0 aromatic heterocycles. The van der Waals surface area contributed by atoms with E-state index in [4.69, 9.17) is 18.9 Å². The highest BCUT2D eigenvalue weighted by atomic mass is 16.7. The zero-order valence-corrected chi connectivity index (χ0v) is 11.4. The Balaban J connectivity index is 2.74. The predicted octanol–water partition coefficient (Wildman–Crippen LogP) is 2.99. The maximum atomic E-state index is 5.56. The van der Waals surface area contributed by atoms with E-state index in [1.807, 2.05) is 18.2 Å². The molecular weight excluding hydrogens is 232 g/mol. The number of hydrogen-bond acceptors (Lipinski definition) is 4. The summed E-state index contributed by atoms with van der Waals surface area (Å²) in [5.41, 5.74) is 1.18. The van der Waals surface area contributed by atoms with Crippen molar-refractivity contribution in [2.75, 3.05) is 27.8 Å². The van der Waals surface area contributed by atoms with E-state index in [-0.39, 0.29) is 13.6 Å². The summed E-state index contributed by atoms with van der Waals surface area (Å²) in [4.78, 5) is 0. The first-order valence-electron chi connectivity index (χ1n) is 6.18. The molecule has 0 bridgehead atoms. The van der Waals surface area contributed by atoms with E-state index < -0.39 is 0 Å². The molecule has 4 heteroatoms. The van der Waals surface area contributed by atoms with E-state index in [1.54, 1.807) is 14.2 Å². The van der Waals surface area contributed by atoms with Gasteiger partial charge in [-0.3, -0.25) is 0 Å². The molecule has 1 rings (SSSR count). The number of hydrogen-bond donors (Lipinski definition) is 0. The third kappa shape index (κ3) is 4.94. The second-order valence-corrected chi connectivity index (χ2v) is 3.97. The minimum atomic E-state index is 0.234. The molecule has 0 heterocycles. The maximum Gasteiger partial charge on any atom is 0.188 e. The average molecular weight is 254 g/mol. The van der Waals surface area contributed by atoms with Crippen molar-refractivity contribution >= 4 is 0 Å². The monoisotopic (exact) mass is 254 g/mol. The molecule has 1 aromatic carbocycles. The van der Waals surface area contributed by atoms with Gasteiger partial charge in [-0.15, -0.1) is 0 Å². The van der Waals surface area contributed by atoms with E-state index in [1.165, 1.54) is 5.56 Å². The maximum absolute atomic E-state index is 5.56. The molecule has 0 amide bonds. The van der Waals surface area contributed by atoms with E-state index in [2.05, 4.69) is 6.92 Å². The van der Waals surface area contributed by atoms with Crippen LogP contribution in [0.15, 0.2) is 18.2 Å². The van der Waals surface area contributed by atoms with Crippen LogP contribution in [0.1, 0.15) is 25.3 Å². The Kier molecular flexibility index (Phi) is 7.22. The fourth-order valence-corrected chi connectivity index (χ4v) is 1.58. The molecule has 0 saturated heterocycles. The lowest BCUT2D eigenvalue weighted by molar-refractivity contribution is 0.0456. The Morgan fingerprint density at radius 2 is 1.72 bits per heavy atom. The molecule has 0 aliphatic carbocycles. The van der Waals surface area contributed by atoms with E-state index in [9.17, 15) is 0 Å². The van der Waals surface area contributed by atoms with Crippen molar-refractivity contribution in [3.05, 3.63) is 23.8 Å². The van der Waals surface area contributed by atoms with Crippen LogP contribution in [0.5, 0.6) is 11.5 Å². The van der Waals surface area contributed by atoms with Gasteiger partial charge in [0.05, 0.1) is 0 Å². The van der Waals surface area contributed by atoms with Crippen LogP contribution < -0.4 is 9.47 Å². The van der Waals surface area contributed by atoms with Gasteiger partial charge in [0.25, 0.3) is 0 Å². The van der Waals surface area contributed by atoms with Crippen LogP contribution >= 0.6 is 0 Å². The summed E-state index contributed by atoms with van der Waals surface area (Å²) in [6, 6.07) is 5.85. The van der Waals surface area contributed by atoms with Crippen LogP contribution in [-0.4, -0.2) is 27.8 Å². The fraction of sp³-hybridized carbons (Fsp3) is 0.571. The van der Waals surface area contributed by atoms with Crippen LogP contribution in [0.3, 0.4) is 0 Å². The Labute approximate surface area is 109 Å². The number of methoxy groups -OCH3 is 2. The Bertz CT molecular complexity index is 339. The molecule has 0 aliphatic heterocycles. The van der Waals surface area contributed by atoms with Gasteiger partial charge in [0.2, 0.25) is 0 Å². The fourth-order valence-electron chi connectivity index (χ4n) is 1.58. The Morgan fingerprint density at radius 3 is 2.39 bits per heavy atom. The third-order valence-electron chi connectivity index (χ3n) is 2.51. The van der Waals surface area contributed by atoms with Crippen LogP contribution in [0.4, 0.5) is 0 Å². The SMILES string of the molecule is CCCCc1ccc(OCOC)cc1OCOC. The van der Waals surface area contributed by atoms with E-state index in [0.717, 1.165) is 30.8 Å². The van der Waals surface area contributed by atoms with Gasteiger partial charge in [0, 0.05) is 20.3 Å². The zero-order valence-electron chi connectivity index (χ0n) is 11.4. The first-order chi connectivity index (χ1) is 8.81. The van der Waals surface area contributed by atoms with E-state index >= 15 is 0 Å².